The molecule has 0 saturated carbocycles. The normalized spacial score (nSPS) is 10.3. The number of pyridine rings is 1. The van der Waals surface area contributed by atoms with Gasteiger partial charge >= 0.3 is 0 Å². The van der Waals surface area contributed by atoms with E-state index in [2.05, 4.69) is 42.2 Å². The fraction of sp³-hybridized carbons (Fsp3) is 0.0833. The third kappa shape index (κ3) is 3.44. The minimum absolute atomic E-state index is 0.603. The van der Waals surface area contributed by atoms with Gasteiger partial charge in [-0.3, -0.25) is 0 Å². The zero-order valence-corrected chi connectivity index (χ0v) is 12.7. The van der Waals surface area contributed by atoms with E-state index in [0.717, 1.165) is 14.5 Å². The Kier molecular flexibility index (Phi) is 4.42. The number of anilines is 1. The van der Waals surface area contributed by atoms with E-state index >= 15 is 0 Å². The van der Waals surface area contributed by atoms with Crippen molar-refractivity contribution in [2.24, 2.45) is 0 Å². The summed E-state index contributed by atoms with van der Waals surface area (Å²) in [5, 5.41) is 3.81. The number of nitrogens with zero attached hydrogens (tertiary/aromatic N) is 1. The third-order valence-corrected chi connectivity index (χ3v) is 3.71. The van der Waals surface area contributed by atoms with Crippen molar-refractivity contribution in [1.29, 1.82) is 0 Å². The van der Waals surface area contributed by atoms with Gasteiger partial charge < -0.3 is 5.32 Å². The van der Waals surface area contributed by atoms with Gasteiger partial charge in [-0.15, -0.1) is 0 Å². The van der Waals surface area contributed by atoms with Crippen molar-refractivity contribution in [3.8, 4) is 0 Å². The molecule has 0 fully saturated rings. The van der Waals surface area contributed by atoms with Crippen molar-refractivity contribution in [2.75, 3.05) is 5.32 Å². The lowest BCUT2D eigenvalue weighted by Crippen LogP contribution is -2.02. The second kappa shape index (κ2) is 5.85. The van der Waals surface area contributed by atoms with E-state index in [1.165, 1.54) is 0 Å². The summed E-state index contributed by atoms with van der Waals surface area (Å²) in [6.07, 6.45) is 1.72. The van der Waals surface area contributed by atoms with Gasteiger partial charge in [-0.25, -0.2) is 4.98 Å². The number of rotatable bonds is 3. The van der Waals surface area contributed by atoms with Gasteiger partial charge in [0.25, 0.3) is 0 Å². The minimum atomic E-state index is 0.603. The third-order valence-electron chi connectivity index (χ3n) is 2.21. The molecular weight excluding hydrogens is 367 g/mol. The monoisotopic (exact) mass is 374 g/mol. The summed E-state index contributed by atoms with van der Waals surface area (Å²) in [7, 11) is 0. The Morgan fingerprint density at radius 2 is 2.00 bits per heavy atom. The van der Waals surface area contributed by atoms with E-state index in [1.54, 1.807) is 6.20 Å². The molecule has 2 rings (SSSR count). The van der Waals surface area contributed by atoms with Gasteiger partial charge in [-0.05, 0) is 33.6 Å². The Labute approximate surface area is 122 Å². The van der Waals surface area contributed by atoms with Crippen LogP contribution in [0.15, 0.2) is 45.5 Å². The van der Waals surface area contributed by atoms with E-state index in [0.29, 0.717) is 17.4 Å². The lowest BCUT2D eigenvalue weighted by molar-refractivity contribution is 1.10. The summed E-state index contributed by atoms with van der Waals surface area (Å²) in [5.41, 5.74) is 1.16. The SMILES string of the molecule is Clc1cc(Br)cnc1NCc1ccccc1Br. The predicted octanol–water partition coefficient (Wildman–Crippen LogP) is 4.87. The first-order valence-electron chi connectivity index (χ1n) is 4.95. The first-order chi connectivity index (χ1) is 8.16. The molecule has 0 spiro atoms. The molecule has 0 radical (unpaired) electrons. The molecule has 2 aromatic rings. The molecule has 1 heterocycles. The predicted molar refractivity (Wildman–Crippen MR) is 78.4 cm³/mol. The van der Waals surface area contributed by atoms with Crippen molar-refractivity contribution in [1.82, 2.24) is 4.98 Å². The van der Waals surface area contributed by atoms with Crippen molar-refractivity contribution >= 4 is 49.3 Å². The molecule has 1 aromatic carbocycles. The van der Waals surface area contributed by atoms with Crippen LogP contribution in [-0.4, -0.2) is 4.98 Å². The molecule has 0 unspecified atom stereocenters. The fourth-order valence-corrected chi connectivity index (χ4v) is 2.49. The van der Waals surface area contributed by atoms with E-state index in [4.69, 9.17) is 11.6 Å². The van der Waals surface area contributed by atoms with Crippen LogP contribution in [0.2, 0.25) is 5.02 Å². The second-order valence-electron chi connectivity index (χ2n) is 3.43. The zero-order chi connectivity index (χ0) is 12.3. The van der Waals surface area contributed by atoms with Crippen LogP contribution in [0.25, 0.3) is 0 Å². The van der Waals surface area contributed by atoms with Crippen LogP contribution in [-0.2, 0) is 6.54 Å². The molecule has 0 amide bonds. The van der Waals surface area contributed by atoms with Crippen molar-refractivity contribution < 1.29 is 0 Å². The first kappa shape index (κ1) is 12.9. The molecule has 0 aliphatic carbocycles. The van der Waals surface area contributed by atoms with Gasteiger partial charge in [0.15, 0.2) is 0 Å². The van der Waals surface area contributed by atoms with Crippen LogP contribution < -0.4 is 5.32 Å². The summed E-state index contributed by atoms with van der Waals surface area (Å²) >= 11 is 12.9. The van der Waals surface area contributed by atoms with Crippen LogP contribution in [0.3, 0.4) is 0 Å². The van der Waals surface area contributed by atoms with Crippen molar-refractivity contribution in [2.45, 2.75) is 6.54 Å². The number of aromatic nitrogens is 1. The molecule has 0 atom stereocenters. The number of halogens is 3. The maximum atomic E-state index is 6.07. The van der Waals surface area contributed by atoms with Crippen molar-refractivity contribution in [3.63, 3.8) is 0 Å². The van der Waals surface area contributed by atoms with Gasteiger partial charge in [-0.1, -0.05) is 45.7 Å². The van der Waals surface area contributed by atoms with E-state index in [-0.39, 0.29) is 0 Å². The van der Waals surface area contributed by atoms with E-state index in [9.17, 15) is 0 Å². The Hall–Kier alpha value is -0.580. The summed E-state index contributed by atoms with van der Waals surface area (Å²) in [4.78, 5) is 4.22. The highest BCUT2D eigenvalue weighted by molar-refractivity contribution is 9.10. The summed E-state index contributed by atoms with van der Waals surface area (Å²) in [6, 6.07) is 9.85. The van der Waals surface area contributed by atoms with Crippen LogP contribution in [0.5, 0.6) is 0 Å². The van der Waals surface area contributed by atoms with Crippen LogP contribution >= 0.6 is 43.5 Å². The summed E-state index contributed by atoms with van der Waals surface area (Å²) in [5.74, 6) is 0.686. The Morgan fingerprint density at radius 3 is 2.71 bits per heavy atom. The van der Waals surface area contributed by atoms with Crippen LogP contribution in [0.1, 0.15) is 5.56 Å². The number of hydrogen-bond acceptors (Lipinski definition) is 2. The topological polar surface area (TPSA) is 24.9 Å². The molecule has 1 aromatic heterocycles. The van der Waals surface area contributed by atoms with Crippen LogP contribution in [0.4, 0.5) is 5.82 Å². The zero-order valence-electron chi connectivity index (χ0n) is 8.75. The van der Waals surface area contributed by atoms with E-state index < -0.39 is 0 Å². The Bertz CT molecular complexity index is 532. The first-order valence-corrected chi connectivity index (χ1v) is 6.91. The highest BCUT2D eigenvalue weighted by Gasteiger charge is 2.03. The maximum absolute atomic E-state index is 6.07. The van der Waals surface area contributed by atoms with E-state index in [1.807, 2.05) is 30.3 Å². The maximum Gasteiger partial charge on any atom is 0.145 e. The summed E-state index contributed by atoms with van der Waals surface area (Å²) < 4.78 is 1.94. The Morgan fingerprint density at radius 1 is 1.24 bits per heavy atom. The lowest BCUT2D eigenvalue weighted by Gasteiger charge is -2.08. The average Bonchev–Trinajstić information content (AvgIpc) is 2.30. The molecular formula is C12H9Br2ClN2. The molecule has 5 heteroatoms. The highest BCUT2D eigenvalue weighted by Crippen LogP contribution is 2.24. The van der Waals surface area contributed by atoms with Gasteiger partial charge in [0.2, 0.25) is 0 Å². The fourth-order valence-electron chi connectivity index (χ4n) is 1.37. The molecule has 17 heavy (non-hydrogen) atoms. The quantitative estimate of drug-likeness (QED) is 0.826. The van der Waals surface area contributed by atoms with Gasteiger partial charge in [0.05, 0.1) is 5.02 Å². The highest BCUT2D eigenvalue weighted by atomic mass is 79.9. The number of benzene rings is 1. The molecule has 0 aliphatic rings. The molecule has 1 N–H and O–H groups in total. The number of nitrogens with one attached hydrogen (secondary N) is 1. The number of hydrogen-bond donors (Lipinski definition) is 1. The largest absolute Gasteiger partial charge is 0.365 e. The standard InChI is InChI=1S/C12H9Br2ClN2/c13-9-5-11(15)12(17-7-9)16-6-8-3-1-2-4-10(8)14/h1-5,7H,6H2,(H,16,17). The second-order valence-corrected chi connectivity index (χ2v) is 5.61. The van der Waals surface area contributed by atoms with Gasteiger partial charge in [-0.2, -0.15) is 0 Å². The molecule has 88 valence electrons. The van der Waals surface area contributed by atoms with Crippen LogP contribution in [0, 0.1) is 0 Å². The lowest BCUT2D eigenvalue weighted by atomic mass is 10.2. The minimum Gasteiger partial charge on any atom is -0.365 e. The smallest absolute Gasteiger partial charge is 0.145 e. The van der Waals surface area contributed by atoms with Crippen molar-refractivity contribution in [3.05, 3.63) is 56.1 Å². The molecule has 0 bridgehead atoms. The molecule has 0 aliphatic heterocycles. The van der Waals surface area contributed by atoms with Gasteiger partial charge in [0, 0.05) is 21.7 Å². The Balaban J connectivity index is 2.10. The van der Waals surface area contributed by atoms with Gasteiger partial charge in [0.1, 0.15) is 5.82 Å². The average molecular weight is 376 g/mol. The molecule has 0 saturated heterocycles. The molecule has 2 nitrogen and oxygen atoms in total. The summed E-state index contributed by atoms with van der Waals surface area (Å²) in [6.45, 7) is 0.676.